The molecule has 3 aromatic carbocycles. The predicted molar refractivity (Wildman–Crippen MR) is 107 cm³/mol. The third-order valence-corrected chi connectivity index (χ3v) is 6.00. The van der Waals surface area contributed by atoms with Gasteiger partial charge in [-0.05, 0) is 35.4 Å². The Morgan fingerprint density at radius 3 is 2.24 bits per heavy atom. The Kier molecular flexibility index (Phi) is 2.72. The minimum atomic E-state index is -0.0103. The lowest BCUT2D eigenvalue weighted by atomic mass is 9.73. The Morgan fingerprint density at radius 1 is 0.680 bits per heavy atom. The molecule has 1 aromatic heterocycles. The van der Waals surface area contributed by atoms with Crippen LogP contribution in [0.2, 0.25) is 0 Å². The highest BCUT2D eigenvalue weighted by atomic mass is 15.1. The molecule has 0 N–H and O–H groups in total. The summed E-state index contributed by atoms with van der Waals surface area (Å²) in [5.41, 5.74) is 7.98. The smallest absolute Gasteiger partial charge is 0.0509 e. The van der Waals surface area contributed by atoms with Crippen LogP contribution in [0.4, 0.5) is 11.4 Å². The average Bonchev–Trinajstić information content (AvgIpc) is 2.92. The molecule has 0 amide bonds. The highest BCUT2D eigenvalue weighted by Crippen LogP contribution is 2.49. The molecule has 5 rings (SSSR count). The molecule has 0 aliphatic carbocycles. The zero-order valence-electron chi connectivity index (χ0n) is 15.2. The van der Waals surface area contributed by atoms with Gasteiger partial charge in [-0.2, -0.15) is 0 Å². The normalized spacial score (nSPS) is 15.4. The second-order valence-corrected chi connectivity index (χ2v) is 7.66. The molecule has 0 atom stereocenters. The number of aryl methyl sites for hydroxylation is 1. The van der Waals surface area contributed by atoms with Crippen LogP contribution in [0.5, 0.6) is 0 Å². The fraction of sp³-hybridized carbons (Fsp3) is 0.217. The van der Waals surface area contributed by atoms with Crippen LogP contribution in [0, 0.1) is 0 Å². The fourth-order valence-electron chi connectivity index (χ4n) is 4.54. The number of fused-ring (bicyclic) bond motifs is 5. The summed E-state index contributed by atoms with van der Waals surface area (Å²) < 4.78 is 2.31. The van der Waals surface area contributed by atoms with Crippen LogP contribution in [0.15, 0.2) is 60.7 Å². The molecule has 2 heterocycles. The molecule has 0 fully saturated rings. The highest BCUT2D eigenvalue weighted by Gasteiger charge is 2.35. The zero-order valence-corrected chi connectivity index (χ0v) is 15.2. The summed E-state index contributed by atoms with van der Waals surface area (Å²) in [7, 11) is 4.35. The number of para-hydroxylation sites is 2. The van der Waals surface area contributed by atoms with Crippen molar-refractivity contribution in [1.29, 1.82) is 0 Å². The van der Waals surface area contributed by atoms with Crippen molar-refractivity contribution in [2.24, 2.45) is 7.05 Å². The average molecular weight is 326 g/mol. The number of benzene rings is 3. The van der Waals surface area contributed by atoms with Crippen LogP contribution < -0.4 is 4.90 Å². The van der Waals surface area contributed by atoms with Gasteiger partial charge in [0.2, 0.25) is 0 Å². The van der Waals surface area contributed by atoms with Crippen molar-refractivity contribution >= 4 is 33.2 Å². The van der Waals surface area contributed by atoms with E-state index in [9.17, 15) is 0 Å². The first-order chi connectivity index (χ1) is 12.0. The van der Waals surface area contributed by atoms with Gasteiger partial charge in [0, 0.05) is 47.2 Å². The van der Waals surface area contributed by atoms with Gasteiger partial charge in [0.1, 0.15) is 0 Å². The SMILES string of the molecule is CN1c2ccccc2C(C)(C)c2cc3c4ccccc4n(C)c3cc21. The molecule has 0 unspecified atom stereocenters. The van der Waals surface area contributed by atoms with E-state index >= 15 is 0 Å². The topological polar surface area (TPSA) is 8.17 Å². The van der Waals surface area contributed by atoms with E-state index in [1.165, 1.54) is 44.3 Å². The maximum atomic E-state index is 2.42. The van der Waals surface area contributed by atoms with E-state index in [2.05, 4.69) is 98.1 Å². The van der Waals surface area contributed by atoms with E-state index in [-0.39, 0.29) is 5.41 Å². The first-order valence-electron chi connectivity index (χ1n) is 8.85. The summed E-state index contributed by atoms with van der Waals surface area (Å²) in [4.78, 5) is 2.34. The van der Waals surface area contributed by atoms with Gasteiger partial charge >= 0.3 is 0 Å². The number of rotatable bonds is 0. The van der Waals surface area contributed by atoms with E-state index in [0.29, 0.717) is 0 Å². The van der Waals surface area contributed by atoms with Crippen LogP contribution in [-0.2, 0) is 12.5 Å². The summed E-state index contributed by atoms with van der Waals surface area (Å²) in [5.74, 6) is 0. The van der Waals surface area contributed by atoms with Crippen molar-refractivity contribution in [1.82, 2.24) is 4.57 Å². The van der Waals surface area contributed by atoms with E-state index in [0.717, 1.165) is 0 Å². The standard InChI is InChI=1S/C23H22N2/c1-23(2)17-10-6-8-12-20(17)25(4)22-14-21-16(13-18(22)23)15-9-5-7-11-19(15)24(21)3/h5-14H,1-4H3. The second kappa shape index (κ2) is 4.66. The molecule has 0 saturated heterocycles. The van der Waals surface area contributed by atoms with Crippen molar-refractivity contribution < 1.29 is 0 Å². The summed E-state index contributed by atoms with van der Waals surface area (Å²) in [6.45, 7) is 4.68. The van der Waals surface area contributed by atoms with Crippen LogP contribution in [0.3, 0.4) is 0 Å². The van der Waals surface area contributed by atoms with Gasteiger partial charge in [0.15, 0.2) is 0 Å². The van der Waals surface area contributed by atoms with Crippen molar-refractivity contribution in [3.8, 4) is 0 Å². The first-order valence-corrected chi connectivity index (χ1v) is 8.85. The van der Waals surface area contributed by atoms with Crippen molar-refractivity contribution in [3.63, 3.8) is 0 Å². The quantitative estimate of drug-likeness (QED) is 0.400. The lowest BCUT2D eigenvalue weighted by Crippen LogP contribution is -2.30. The van der Waals surface area contributed by atoms with Gasteiger partial charge in [0.05, 0.1) is 5.52 Å². The Bertz CT molecular complexity index is 1150. The van der Waals surface area contributed by atoms with E-state index in [1.54, 1.807) is 0 Å². The van der Waals surface area contributed by atoms with Crippen molar-refractivity contribution in [2.45, 2.75) is 19.3 Å². The highest BCUT2D eigenvalue weighted by molar-refractivity contribution is 6.09. The number of hydrogen-bond donors (Lipinski definition) is 0. The van der Waals surface area contributed by atoms with E-state index in [1.807, 2.05) is 0 Å². The molecule has 1 aliphatic heterocycles. The molecule has 124 valence electrons. The predicted octanol–water partition coefficient (Wildman–Crippen LogP) is 5.74. The minimum Gasteiger partial charge on any atom is -0.344 e. The maximum Gasteiger partial charge on any atom is 0.0509 e. The van der Waals surface area contributed by atoms with Crippen LogP contribution in [0.25, 0.3) is 21.8 Å². The van der Waals surface area contributed by atoms with Crippen LogP contribution in [-0.4, -0.2) is 11.6 Å². The Labute approximate surface area is 148 Å². The van der Waals surface area contributed by atoms with Gasteiger partial charge < -0.3 is 9.47 Å². The summed E-state index contributed by atoms with van der Waals surface area (Å²) in [6.07, 6.45) is 0. The molecule has 1 aliphatic rings. The summed E-state index contributed by atoms with van der Waals surface area (Å²) in [5, 5.41) is 2.68. The van der Waals surface area contributed by atoms with Gasteiger partial charge in [-0.3, -0.25) is 0 Å². The number of anilines is 2. The summed E-state index contributed by atoms with van der Waals surface area (Å²) >= 11 is 0. The van der Waals surface area contributed by atoms with Gasteiger partial charge in [-0.15, -0.1) is 0 Å². The first kappa shape index (κ1) is 14.6. The zero-order chi connectivity index (χ0) is 17.3. The van der Waals surface area contributed by atoms with Crippen molar-refractivity contribution in [3.05, 3.63) is 71.8 Å². The lowest BCUT2D eigenvalue weighted by molar-refractivity contribution is 0.630. The van der Waals surface area contributed by atoms with E-state index < -0.39 is 0 Å². The largest absolute Gasteiger partial charge is 0.344 e. The van der Waals surface area contributed by atoms with Crippen LogP contribution >= 0.6 is 0 Å². The molecule has 4 aromatic rings. The third-order valence-electron chi connectivity index (χ3n) is 6.00. The molecule has 25 heavy (non-hydrogen) atoms. The molecule has 2 heteroatoms. The van der Waals surface area contributed by atoms with Gasteiger partial charge in [0.25, 0.3) is 0 Å². The second-order valence-electron chi connectivity index (χ2n) is 7.66. The number of nitrogens with zero attached hydrogens (tertiary/aromatic N) is 2. The lowest BCUT2D eigenvalue weighted by Gasteiger charge is -2.40. The minimum absolute atomic E-state index is 0.0103. The molecule has 2 nitrogen and oxygen atoms in total. The maximum absolute atomic E-state index is 2.42. The van der Waals surface area contributed by atoms with Gasteiger partial charge in [-0.1, -0.05) is 50.2 Å². The molecular weight excluding hydrogens is 304 g/mol. The molecule has 0 bridgehead atoms. The monoisotopic (exact) mass is 326 g/mol. The molecular formula is C23H22N2. The number of hydrogen-bond acceptors (Lipinski definition) is 1. The number of aromatic nitrogens is 1. The fourth-order valence-corrected chi connectivity index (χ4v) is 4.54. The molecule has 0 spiro atoms. The third kappa shape index (κ3) is 1.74. The molecule has 0 saturated carbocycles. The Balaban J connectivity index is 1.92. The van der Waals surface area contributed by atoms with Gasteiger partial charge in [-0.25, -0.2) is 0 Å². The Hall–Kier alpha value is -2.74. The Morgan fingerprint density at radius 2 is 1.40 bits per heavy atom. The molecule has 0 radical (unpaired) electrons. The van der Waals surface area contributed by atoms with Crippen LogP contribution in [0.1, 0.15) is 25.0 Å². The van der Waals surface area contributed by atoms with E-state index in [4.69, 9.17) is 0 Å². The van der Waals surface area contributed by atoms with Crippen molar-refractivity contribution in [2.75, 3.05) is 11.9 Å². The summed E-state index contributed by atoms with van der Waals surface area (Å²) in [6, 6.07) is 22.2.